The van der Waals surface area contributed by atoms with E-state index >= 15 is 0 Å². The lowest BCUT2D eigenvalue weighted by Crippen LogP contribution is -2.11. The number of furan rings is 1. The van der Waals surface area contributed by atoms with Crippen LogP contribution in [0, 0.1) is 5.92 Å². The molecule has 1 aliphatic carbocycles. The number of halogens is 1. The van der Waals surface area contributed by atoms with Gasteiger partial charge in [0.2, 0.25) is 0 Å². The lowest BCUT2D eigenvalue weighted by atomic mass is 10.1. The average Bonchev–Trinajstić information content (AvgIpc) is 2.74. The molecule has 0 aromatic carbocycles. The van der Waals surface area contributed by atoms with Crippen LogP contribution in [0.25, 0.3) is 0 Å². The topological polar surface area (TPSA) is 39.2 Å². The first-order valence-electron chi connectivity index (χ1n) is 3.76. The summed E-state index contributed by atoms with van der Waals surface area (Å²) in [5, 5.41) is 0.657. The summed E-state index contributed by atoms with van der Waals surface area (Å²) < 4.78 is 4.93. The van der Waals surface area contributed by atoms with Crippen LogP contribution in [-0.2, 0) is 0 Å². The average molecular weight is 172 g/mol. The van der Waals surface area contributed by atoms with Crippen molar-refractivity contribution in [1.82, 2.24) is 0 Å². The fraction of sp³-hybridized carbons (Fsp3) is 0.500. The molecule has 2 N–H and O–H groups in total. The fourth-order valence-electron chi connectivity index (χ4n) is 1.24. The molecule has 1 aliphatic rings. The van der Waals surface area contributed by atoms with Gasteiger partial charge in [0.05, 0.1) is 11.3 Å². The Morgan fingerprint density at radius 3 is 2.73 bits per heavy atom. The normalized spacial score (nSPS) is 20.2. The second-order valence-electron chi connectivity index (χ2n) is 3.04. The van der Waals surface area contributed by atoms with Gasteiger partial charge in [0.1, 0.15) is 6.26 Å². The lowest BCUT2D eigenvalue weighted by molar-refractivity contribution is 0.551. The molecule has 2 nitrogen and oxygen atoms in total. The molecule has 1 saturated carbocycles. The van der Waals surface area contributed by atoms with Crippen LogP contribution in [-0.4, -0.2) is 0 Å². The highest BCUT2D eigenvalue weighted by atomic mass is 35.5. The molecular weight excluding hydrogens is 162 g/mol. The maximum absolute atomic E-state index is 5.90. The Bertz CT molecular complexity index is 254. The van der Waals surface area contributed by atoms with Gasteiger partial charge >= 0.3 is 0 Å². The van der Waals surface area contributed by atoms with Crippen molar-refractivity contribution in [2.75, 3.05) is 0 Å². The summed E-state index contributed by atoms with van der Waals surface area (Å²) >= 11 is 5.83. The minimum Gasteiger partial charge on any atom is -0.471 e. The number of nitrogens with two attached hydrogens (primary N) is 1. The van der Waals surface area contributed by atoms with Gasteiger partial charge < -0.3 is 10.2 Å². The van der Waals surface area contributed by atoms with Gasteiger partial charge in [0, 0.05) is 11.6 Å². The van der Waals surface area contributed by atoms with Crippen LogP contribution in [0.3, 0.4) is 0 Å². The predicted molar refractivity (Wildman–Crippen MR) is 43.4 cm³/mol. The Kier molecular flexibility index (Phi) is 1.66. The van der Waals surface area contributed by atoms with Crippen molar-refractivity contribution < 1.29 is 4.42 Å². The molecule has 1 fully saturated rings. The van der Waals surface area contributed by atoms with E-state index < -0.39 is 0 Å². The molecule has 1 atom stereocenters. The first-order chi connectivity index (χ1) is 5.29. The van der Waals surface area contributed by atoms with Crippen molar-refractivity contribution in [3.05, 3.63) is 23.1 Å². The summed E-state index contributed by atoms with van der Waals surface area (Å²) in [7, 11) is 0. The van der Waals surface area contributed by atoms with E-state index in [2.05, 4.69) is 0 Å². The van der Waals surface area contributed by atoms with Crippen molar-refractivity contribution in [2.45, 2.75) is 18.9 Å². The van der Waals surface area contributed by atoms with E-state index in [-0.39, 0.29) is 6.04 Å². The summed E-state index contributed by atoms with van der Waals surface area (Å²) in [6, 6.07) is 0.0845. The first-order valence-corrected chi connectivity index (χ1v) is 4.14. The van der Waals surface area contributed by atoms with Gasteiger partial charge in [-0.2, -0.15) is 0 Å². The maximum Gasteiger partial charge on any atom is 0.109 e. The Morgan fingerprint density at radius 1 is 1.55 bits per heavy atom. The van der Waals surface area contributed by atoms with Gasteiger partial charge in [-0.25, -0.2) is 0 Å². The number of hydrogen-bond acceptors (Lipinski definition) is 2. The summed E-state index contributed by atoms with van der Waals surface area (Å²) in [5.41, 5.74) is 6.85. The van der Waals surface area contributed by atoms with E-state index in [4.69, 9.17) is 21.8 Å². The molecule has 11 heavy (non-hydrogen) atoms. The summed E-state index contributed by atoms with van der Waals surface area (Å²) in [6.07, 6.45) is 5.62. The Morgan fingerprint density at radius 2 is 2.27 bits per heavy atom. The van der Waals surface area contributed by atoms with Gasteiger partial charge in [-0.3, -0.25) is 0 Å². The van der Waals surface area contributed by atoms with E-state index in [1.807, 2.05) is 0 Å². The highest BCUT2D eigenvalue weighted by Gasteiger charge is 2.31. The molecule has 0 amide bonds. The third-order valence-corrected chi connectivity index (χ3v) is 2.44. The molecule has 1 unspecified atom stereocenters. The molecule has 0 aliphatic heterocycles. The van der Waals surface area contributed by atoms with Crippen LogP contribution in [0.15, 0.2) is 16.9 Å². The first kappa shape index (κ1) is 7.19. The molecule has 3 heteroatoms. The van der Waals surface area contributed by atoms with Gasteiger partial charge in [-0.15, -0.1) is 0 Å². The molecule has 1 aromatic heterocycles. The smallest absolute Gasteiger partial charge is 0.109 e. The SMILES string of the molecule is NC(c1cocc1Cl)C1CC1. The molecule has 1 aromatic rings. The second kappa shape index (κ2) is 2.54. The zero-order valence-corrected chi connectivity index (χ0v) is 6.84. The zero-order chi connectivity index (χ0) is 7.84. The van der Waals surface area contributed by atoms with Crippen molar-refractivity contribution in [3.63, 3.8) is 0 Å². The minimum absolute atomic E-state index is 0.0845. The Labute approximate surface area is 70.3 Å². The van der Waals surface area contributed by atoms with Crippen molar-refractivity contribution >= 4 is 11.6 Å². The van der Waals surface area contributed by atoms with Crippen LogP contribution >= 0.6 is 11.6 Å². The highest BCUT2D eigenvalue weighted by molar-refractivity contribution is 6.31. The largest absolute Gasteiger partial charge is 0.471 e. The van der Waals surface area contributed by atoms with Crippen LogP contribution in [0.1, 0.15) is 24.4 Å². The van der Waals surface area contributed by atoms with E-state index in [9.17, 15) is 0 Å². The van der Waals surface area contributed by atoms with Gasteiger partial charge in [0.15, 0.2) is 0 Å². The van der Waals surface area contributed by atoms with Gasteiger partial charge in [-0.05, 0) is 18.8 Å². The number of rotatable bonds is 2. The van der Waals surface area contributed by atoms with Crippen LogP contribution in [0.5, 0.6) is 0 Å². The summed E-state index contributed by atoms with van der Waals surface area (Å²) in [4.78, 5) is 0. The van der Waals surface area contributed by atoms with E-state index in [1.54, 1.807) is 6.26 Å². The fourth-order valence-corrected chi connectivity index (χ4v) is 1.46. The van der Waals surface area contributed by atoms with E-state index in [0.29, 0.717) is 10.9 Å². The van der Waals surface area contributed by atoms with Crippen molar-refractivity contribution in [2.24, 2.45) is 11.7 Å². The molecule has 0 saturated heterocycles. The Hall–Kier alpha value is -0.470. The second-order valence-corrected chi connectivity index (χ2v) is 3.45. The Balaban J connectivity index is 2.20. The molecule has 0 spiro atoms. The highest BCUT2D eigenvalue weighted by Crippen LogP contribution is 2.41. The van der Waals surface area contributed by atoms with Crippen LogP contribution < -0.4 is 5.73 Å². The summed E-state index contributed by atoms with van der Waals surface area (Å²) in [5.74, 6) is 0.630. The molecule has 0 radical (unpaired) electrons. The lowest BCUT2D eigenvalue weighted by Gasteiger charge is -2.06. The maximum atomic E-state index is 5.90. The molecule has 1 heterocycles. The third kappa shape index (κ3) is 1.28. The van der Waals surface area contributed by atoms with Crippen LogP contribution in [0.4, 0.5) is 0 Å². The monoisotopic (exact) mass is 171 g/mol. The standard InChI is InChI=1S/C8H10ClNO/c9-7-4-11-3-6(7)8(10)5-1-2-5/h3-5,8H,1-2,10H2. The zero-order valence-electron chi connectivity index (χ0n) is 6.09. The quantitative estimate of drug-likeness (QED) is 0.742. The minimum atomic E-state index is 0.0845. The van der Waals surface area contributed by atoms with Crippen molar-refractivity contribution in [3.8, 4) is 0 Å². The molecular formula is C8H10ClNO. The van der Waals surface area contributed by atoms with E-state index in [1.165, 1.54) is 19.1 Å². The number of hydrogen-bond donors (Lipinski definition) is 1. The third-order valence-electron chi connectivity index (χ3n) is 2.13. The molecule has 60 valence electrons. The molecule has 0 bridgehead atoms. The van der Waals surface area contributed by atoms with Crippen LogP contribution in [0.2, 0.25) is 5.02 Å². The van der Waals surface area contributed by atoms with Gasteiger partial charge in [0.25, 0.3) is 0 Å². The van der Waals surface area contributed by atoms with Crippen molar-refractivity contribution in [1.29, 1.82) is 0 Å². The van der Waals surface area contributed by atoms with E-state index in [0.717, 1.165) is 5.56 Å². The summed E-state index contributed by atoms with van der Waals surface area (Å²) in [6.45, 7) is 0. The van der Waals surface area contributed by atoms with Gasteiger partial charge in [-0.1, -0.05) is 11.6 Å². The predicted octanol–water partition coefficient (Wildman–Crippen LogP) is 2.34. The molecule has 2 rings (SSSR count).